The third-order valence-corrected chi connectivity index (χ3v) is 5.32. The van der Waals surface area contributed by atoms with Crippen molar-refractivity contribution in [3.63, 3.8) is 0 Å². The molecule has 1 nitrogen and oxygen atoms in total. The third kappa shape index (κ3) is 5.26. The molecule has 0 bridgehead atoms. The summed E-state index contributed by atoms with van der Waals surface area (Å²) in [5.74, 6) is 2.15. The maximum atomic E-state index is 6.26. The standard InChI is InChI=1S/C13H27NS/c1-3-11(2)10-15-13-9-7-5-4-6-8-12(13)14/h11-13H,3-10,14H2,1-2H3. The molecule has 3 unspecified atom stereocenters. The van der Waals surface area contributed by atoms with Gasteiger partial charge in [0.2, 0.25) is 0 Å². The molecule has 0 aromatic heterocycles. The van der Waals surface area contributed by atoms with Gasteiger partial charge in [-0.2, -0.15) is 11.8 Å². The van der Waals surface area contributed by atoms with Crippen LogP contribution in [0.2, 0.25) is 0 Å². The second-order valence-corrected chi connectivity index (χ2v) is 6.31. The van der Waals surface area contributed by atoms with Gasteiger partial charge in [-0.3, -0.25) is 0 Å². The fraction of sp³-hybridized carbons (Fsp3) is 1.00. The summed E-state index contributed by atoms with van der Waals surface area (Å²) in [5.41, 5.74) is 6.26. The van der Waals surface area contributed by atoms with E-state index in [9.17, 15) is 0 Å². The molecule has 2 heteroatoms. The predicted molar refractivity (Wildman–Crippen MR) is 71.4 cm³/mol. The fourth-order valence-electron chi connectivity index (χ4n) is 2.09. The Hall–Kier alpha value is 0.310. The van der Waals surface area contributed by atoms with E-state index < -0.39 is 0 Å². The molecule has 0 aromatic rings. The molecule has 1 fully saturated rings. The van der Waals surface area contributed by atoms with Gasteiger partial charge in [-0.1, -0.05) is 46.0 Å². The molecule has 2 N–H and O–H groups in total. The molecule has 1 aliphatic rings. The highest BCUT2D eigenvalue weighted by Crippen LogP contribution is 2.27. The minimum absolute atomic E-state index is 0.458. The molecule has 0 spiro atoms. The molecule has 0 saturated heterocycles. The molecule has 0 amide bonds. The van der Waals surface area contributed by atoms with Crippen LogP contribution in [-0.4, -0.2) is 17.0 Å². The first-order valence-electron chi connectivity index (χ1n) is 6.61. The lowest BCUT2D eigenvalue weighted by atomic mass is 9.97. The Labute approximate surface area is 99.6 Å². The van der Waals surface area contributed by atoms with Crippen molar-refractivity contribution in [2.75, 3.05) is 5.75 Å². The Morgan fingerprint density at radius 3 is 2.53 bits per heavy atom. The van der Waals surface area contributed by atoms with E-state index >= 15 is 0 Å². The van der Waals surface area contributed by atoms with E-state index in [-0.39, 0.29) is 0 Å². The summed E-state index contributed by atoms with van der Waals surface area (Å²) in [4.78, 5) is 0. The second-order valence-electron chi connectivity index (χ2n) is 5.04. The number of hydrogen-bond acceptors (Lipinski definition) is 2. The van der Waals surface area contributed by atoms with Crippen LogP contribution in [0.5, 0.6) is 0 Å². The quantitative estimate of drug-likeness (QED) is 0.793. The van der Waals surface area contributed by atoms with Crippen molar-refractivity contribution in [1.82, 2.24) is 0 Å². The van der Waals surface area contributed by atoms with Crippen LogP contribution in [0, 0.1) is 5.92 Å². The van der Waals surface area contributed by atoms with Crippen LogP contribution < -0.4 is 5.73 Å². The van der Waals surface area contributed by atoms with E-state index in [4.69, 9.17) is 5.73 Å². The number of rotatable bonds is 4. The number of thioether (sulfide) groups is 1. The maximum Gasteiger partial charge on any atom is 0.0199 e. The Bertz CT molecular complexity index is 161. The average molecular weight is 229 g/mol. The third-order valence-electron chi connectivity index (χ3n) is 3.55. The van der Waals surface area contributed by atoms with Gasteiger partial charge in [-0.05, 0) is 24.5 Å². The van der Waals surface area contributed by atoms with Gasteiger partial charge in [0.25, 0.3) is 0 Å². The van der Waals surface area contributed by atoms with Gasteiger partial charge in [0.15, 0.2) is 0 Å². The summed E-state index contributed by atoms with van der Waals surface area (Å²) in [6.07, 6.45) is 9.46. The van der Waals surface area contributed by atoms with Gasteiger partial charge in [0, 0.05) is 11.3 Å². The SMILES string of the molecule is CCC(C)CSC1CCCCCCC1N. The summed E-state index contributed by atoms with van der Waals surface area (Å²) in [6, 6.07) is 0.458. The molecule has 0 heterocycles. The van der Waals surface area contributed by atoms with Crippen molar-refractivity contribution in [3.05, 3.63) is 0 Å². The molecule has 1 saturated carbocycles. The zero-order valence-corrected chi connectivity index (χ0v) is 11.2. The van der Waals surface area contributed by atoms with Crippen molar-refractivity contribution < 1.29 is 0 Å². The van der Waals surface area contributed by atoms with Crippen LogP contribution in [-0.2, 0) is 0 Å². The summed E-state index contributed by atoms with van der Waals surface area (Å²) in [7, 11) is 0. The van der Waals surface area contributed by atoms with E-state index in [1.807, 2.05) is 0 Å². The molecular formula is C13H27NS. The summed E-state index contributed by atoms with van der Waals surface area (Å²) >= 11 is 2.14. The van der Waals surface area contributed by atoms with Crippen LogP contribution >= 0.6 is 11.8 Å². The first-order valence-corrected chi connectivity index (χ1v) is 7.66. The summed E-state index contributed by atoms with van der Waals surface area (Å²) in [6.45, 7) is 4.63. The van der Waals surface area contributed by atoms with Crippen molar-refractivity contribution in [2.45, 2.75) is 70.1 Å². The maximum absolute atomic E-state index is 6.26. The van der Waals surface area contributed by atoms with Crippen molar-refractivity contribution in [3.8, 4) is 0 Å². The summed E-state index contributed by atoms with van der Waals surface area (Å²) < 4.78 is 0. The molecule has 3 atom stereocenters. The Morgan fingerprint density at radius 1 is 1.20 bits per heavy atom. The number of nitrogens with two attached hydrogens (primary N) is 1. The van der Waals surface area contributed by atoms with Crippen LogP contribution in [0.3, 0.4) is 0 Å². The second kappa shape index (κ2) is 7.56. The van der Waals surface area contributed by atoms with Crippen LogP contribution in [0.25, 0.3) is 0 Å². The van der Waals surface area contributed by atoms with Gasteiger partial charge in [-0.15, -0.1) is 0 Å². The lowest BCUT2D eigenvalue weighted by molar-refractivity contribution is 0.462. The normalized spacial score (nSPS) is 30.6. The molecule has 1 rings (SSSR count). The fourth-order valence-corrected chi connectivity index (χ4v) is 3.62. The zero-order chi connectivity index (χ0) is 11.1. The molecular weight excluding hydrogens is 202 g/mol. The zero-order valence-electron chi connectivity index (χ0n) is 10.4. The van der Waals surface area contributed by atoms with Crippen LogP contribution in [0.4, 0.5) is 0 Å². The van der Waals surface area contributed by atoms with E-state index in [0.717, 1.165) is 11.2 Å². The predicted octanol–water partition coefficient (Wildman–Crippen LogP) is 3.82. The highest BCUT2D eigenvalue weighted by atomic mass is 32.2. The molecule has 90 valence electrons. The van der Waals surface area contributed by atoms with Crippen LogP contribution in [0.1, 0.15) is 58.8 Å². The highest BCUT2D eigenvalue weighted by molar-refractivity contribution is 7.99. The van der Waals surface area contributed by atoms with E-state index in [2.05, 4.69) is 25.6 Å². The molecule has 1 aliphatic carbocycles. The molecule has 0 radical (unpaired) electrons. The van der Waals surface area contributed by atoms with Crippen molar-refractivity contribution >= 4 is 11.8 Å². The minimum atomic E-state index is 0.458. The van der Waals surface area contributed by atoms with Gasteiger partial charge in [0.1, 0.15) is 0 Å². The molecule has 0 aromatic carbocycles. The smallest absolute Gasteiger partial charge is 0.0199 e. The first-order chi connectivity index (χ1) is 7.24. The average Bonchev–Trinajstić information content (AvgIpc) is 2.22. The largest absolute Gasteiger partial charge is 0.327 e. The lowest BCUT2D eigenvalue weighted by Gasteiger charge is -2.26. The van der Waals surface area contributed by atoms with Crippen molar-refractivity contribution in [2.24, 2.45) is 11.7 Å². The van der Waals surface area contributed by atoms with E-state index in [1.165, 1.54) is 50.7 Å². The van der Waals surface area contributed by atoms with Gasteiger partial charge in [0.05, 0.1) is 0 Å². The minimum Gasteiger partial charge on any atom is -0.327 e. The van der Waals surface area contributed by atoms with Gasteiger partial charge < -0.3 is 5.73 Å². The Balaban J connectivity index is 2.28. The van der Waals surface area contributed by atoms with E-state index in [1.54, 1.807) is 0 Å². The molecule has 15 heavy (non-hydrogen) atoms. The lowest BCUT2D eigenvalue weighted by Crippen LogP contribution is -2.33. The van der Waals surface area contributed by atoms with E-state index in [0.29, 0.717) is 6.04 Å². The van der Waals surface area contributed by atoms with Crippen LogP contribution in [0.15, 0.2) is 0 Å². The van der Waals surface area contributed by atoms with Gasteiger partial charge in [-0.25, -0.2) is 0 Å². The first kappa shape index (κ1) is 13.4. The topological polar surface area (TPSA) is 26.0 Å². The highest BCUT2D eigenvalue weighted by Gasteiger charge is 2.20. The summed E-state index contributed by atoms with van der Waals surface area (Å²) in [5, 5.41) is 0.735. The monoisotopic (exact) mass is 229 g/mol. The van der Waals surface area contributed by atoms with Gasteiger partial charge >= 0.3 is 0 Å². The van der Waals surface area contributed by atoms with Crippen molar-refractivity contribution in [1.29, 1.82) is 0 Å². The number of hydrogen-bond donors (Lipinski definition) is 1. The Morgan fingerprint density at radius 2 is 1.87 bits per heavy atom. The Kier molecular flexibility index (Phi) is 6.74. The molecule has 0 aliphatic heterocycles.